The summed E-state index contributed by atoms with van der Waals surface area (Å²) < 4.78 is 10.7. The highest BCUT2D eigenvalue weighted by Crippen LogP contribution is 2.25. The molecule has 0 amide bonds. The second-order valence-corrected chi connectivity index (χ2v) is 6.32. The third kappa shape index (κ3) is 5.64. The molecule has 1 aliphatic rings. The van der Waals surface area contributed by atoms with E-state index in [0.29, 0.717) is 11.8 Å². The van der Waals surface area contributed by atoms with Gasteiger partial charge in [-0.1, -0.05) is 24.8 Å². The summed E-state index contributed by atoms with van der Waals surface area (Å²) in [5.41, 5.74) is 7.49. The number of methoxy groups -OCH3 is 2. The van der Waals surface area contributed by atoms with E-state index in [2.05, 4.69) is 28.6 Å². The molecule has 1 heterocycles. The highest BCUT2D eigenvalue weighted by molar-refractivity contribution is 5.93. The van der Waals surface area contributed by atoms with Gasteiger partial charge in [0.1, 0.15) is 5.75 Å². The van der Waals surface area contributed by atoms with Gasteiger partial charge < -0.3 is 15.2 Å². The summed E-state index contributed by atoms with van der Waals surface area (Å²) in [4.78, 5) is 6.58. The van der Waals surface area contributed by atoms with Crippen molar-refractivity contribution in [1.82, 2.24) is 4.90 Å². The van der Waals surface area contributed by atoms with Gasteiger partial charge in [-0.05, 0) is 43.4 Å². The summed E-state index contributed by atoms with van der Waals surface area (Å²) in [7, 11) is 3.34. The molecule has 5 nitrogen and oxygen atoms in total. The van der Waals surface area contributed by atoms with Crippen molar-refractivity contribution in [1.29, 1.82) is 0 Å². The van der Waals surface area contributed by atoms with Crippen LogP contribution in [0.15, 0.2) is 53.8 Å². The van der Waals surface area contributed by atoms with Crippen LogP contribution in [0, 0.1) is 5.92 Å². The summed E-state index contributed by atoms with van der Waals surface area (Å²) in [5.74, 6) is 2.23. The Morgan fingerprint density at radius 1 is 1.40 bits per heavy atom. The zero-order valence-electron chi connectivity index (χ0n) is 15.3. The topological polar surface area (TPSA) is 60.1 Å². The van der Waals surface area contributed by atoms with Crippen molar-refractivity contribution in [2.24, 2.45) is 16.6 Å². The van der Waals surface area contributed by atoms with Gasteiger partial charge in [-0.3, -0.25) is 4.90 Å². The van der Waals surface area contributed by atoms with E-state index in [1.165, 1.54) is 30.8 Å². The molecule has 1 unspecified atom stereocenters. The zero-order valence-corrected chi connectivity index (χ0v) is 15.3. The Hall–Kier alpha value is -2.27. The third-order valence-corrected chi connectivity index (χ3v) is 4.57. The van der Waals surface area contributed by atoms with E-state index >= 15 is 0 Å². The van der Waals surface area contributed by atoms with Crippen LogP contribution in [0.1, 0.15) is 18.4 Å². The van der Waals surface area contributed by atoms with E-state index < -0.39 is 0 Å². The maximum Gasteiger partial charge on any atom is 0.216 e. The number of likely N-dealkylation sites (tertiary alicyclic amines) is 1. The monoisotopic (exact) mass is 343 g/mol. The van der Waals surface area contributed by atoms with Crippen molar-refractivity contribution in [2.75, 3.05) is 33.9 Å². The molecule has 1 aromatic rings. The van der Waals surface area contributed by atoms with Crippen molar-refractivity contribution in [3.8, 4) is 5.75 Å². The van der Waals surface area contributed by atoms with Gasteiger partial charge in [-0.2, -0.15) is 0 Å². The molecule has 0 aliphatic carbocycles. The maximum atomic E-state index is 5.44. The Balaban J connectivity index is 1.82. The highest BCUT2D eigenvalue weighted by Gasteiger charge is 2.23. The SMILES string of the molecule is C=C(CN1CCC(CCc2ccccc2OC)C1)C(=N/C=C\N)OC. The Kier molecular flexibility index (Phi) is 7.54. The molecule has 1 aromatic carbocycles. The molecule has 1 fully saturated rings. The normalized spacial score (nSPS) is 18.6. The summed E-state index contributed by atoms with van der Waals surface area (Å²) >= 11 is 0. The molecule has 2 rings (SSSR count). The molecular formula is C20H29N3O2. The van der Waals surface area contributed by atoms with Crippen LogP contribution in [-0.4, -0.2) is 44.7 Å². The van der Waals surface area contributed by atoms with Crippen LogP contribution >= 0.6 is 0 Å². The number of aliphatic imine (C=N–C) groups is 1. The predicted molar refractivity (Wildman–Crippen MR) is 103 cm³/mol. The van der Waals surface area contributed by atoms with Crippen molar-refractivity contribution >= 4 is 5.90 Å². The van der Waals surface area contributed by atoms with Crippen LogP contribution in [0.2, 0.25) is 0 Å². The number of hydrogen-bond donors (Lipinski definition) is 1. The minimum Gasteiger partial charge on any atom is -0.496 e. The number of rotatable bonds is 8. The average Bonchev–Trinajstić information content (AvgIpc) is 3.08. The first-order valence-corrected chi connectivity index (χ1v) is 8.68. The number of nitrogens with zero attached hydrogens (tertiary/aromatic N) is 2. The lowest BCUT2D eigenvalue weighted by Crippen LogP contribution is -2.26. The molecule has 1 aliphatic heterocycles. The molecule has 1 saturated heterocycles. The van der Waals surface area contributed by atoms with Gasteiger partial charge in [0.25, 0.3) is 0 Å². The molecule has 25 heavy (non-hydrogen) atoms. The van der Waals surface area contributed by atoms with Gasteiger partial charge in [-0.25, -0.2) is 4.99 Å². The fourth-order valence-corrected chi connectivity index (χ4v) is 3.30. The van der Waals surface area contributed by atoms with Gasteiger partial charge in [-0.15, -0.1) is 0 Å². The molecule has 0 saturated carbocycles. The zero-order chi connectivity index (χ0) is 18.1. The Morgan fingerprint density at radius 2 is 2.20 bits per heavy atom. The molecule has 0 spiro atoms. The standard InChI is InChI=1S/C20H29N3O2/c1-16(20(25-3)22-12-11-21)14-23-13-10-17(15-23)8-9-18-6-4-5-7-19(18)24-2/h4-7,11-12,17H,1,8-10,13-15,21H2,2-3H3/b12-11-,22-20?. The van der Waals surface area contributed by atoms with Crippen molar-refractivity contribution < 1.29 is 9.47 Å². The lowest BCUT2D eigenvalue weighted by molar-refractivity contribution is 0.340. The molecule has 136 valence electrons. The summed E-state index contributed by atoms with van der Waals surface area (Å²) in [6.07, 6.45) is 6.34. The Morgan fingerprint density at radius 3 is 2.92 bits per heavy atom. The largest absolute Gasteiger partial charge is 0.496 e. The first-order valence-electron chi connectivity index (χ1n) is 8.68. The molecule has 1 atom stereocenters. The van der Waals surface area contributed by atoms with E-state index in [-0.39, 0.29) is 0 Å². The highest BCUT2D eigenvalue weighted by atomic mass is 16.5. The van der Waals surface area contributed by atoms with Crippen LogP contribution in [0.4, 0.5) is 0 Å². The number of benzene rings is 1. The quantitative estimate of drug-likeness (QED) is 0.582. The van der Waals surface area contributed by atoms with E-state index in [4.69, 9.17) is 15.2 Å². The summed E-state index contributed by atoms with van der Waals surface area (Å²) in [6.45, 7) is 7.03. The fourth-order valence-electron chi connectivity index (χ4n) is 3.30. The number of nitrogens with two attached hydrogens (primary N) is 1. The second kappa shape index (κ2) is 9.89. The lowest BCUT2D eigenvalue weighted by Gasteiger charge is -2.18. The maximum absolute atomic E-state index is 5.44. The van der Waals surface area contributed by atoms with Crippen LogP contribution < -0.4 is 10.5 Å². The van der Waals surface area contributed by atoms with E-state index in [1.54, 1.807) is 14.2 Å². The Labute approximate surface area is 150 Å². The van der Waals surface area contributed by atoms with Crippen molar-refractivity contribution in [2.45, 2.75) is 19.3 Å². The van der Waals surface area contributed by atoms with E-state index in [1.807, 2.05) is 12.1 Å². The second-order valence-electron chi connectivity index (χ2n) is 6.32. The van der Waals surface area contributed by atoms with Gasteiger partial charge >= 0.3 is 0 Å². The molecular weight excluding hydrogens is 314 g/mol. The number of ether oxygens (including phenoxy) is 2. The van der Waals surface area contributed by atoms with Crippen LogP contribution in [0.5, 0.6) is 5.75 Å². The molecule has 0 aromatic heterocycles. The predicted octanol–water partition coefficient (Wildman–Crippen LogP) is 2.98. The van der Waals surface area contributed by atoms with Crippen molar-refractivity contribution in [3.05, 3.63) is 54.4 Å². The van der Waals surface area contributed by atoms with Gasteiger partial charge in [0.15, 0.2) is 0 Å². The number of para-hydroxylation sites is 1. The minimum atomic E-state index is 0.541. The van der Waals surface area contributed by atoms with E-state index in [9.17, 15) is 0 Å². The number of hydrogen-bond acceptors (Lipinski definition) is 5. The third-order valence-electron chi connectivity index (χ3n) is 4.57. The van der Waals surface area contributed by atoms with E-state index in [0.717, 1.165) is 37.4 Å². The first-order chi connectivity index (χ1) is 12.2. The average molecular weight is 343 g/mol. The van der Waals surface area contributed by atoms with Gasteiger partial charge in [0, 0.05) is 31.1 Å². The summed E-state index contributed by atoms with van der Waals surface area (Å²) in [5, 5.41) is 0. The lowest BCUT2D eigenvalue weighted by atomic mass is 9.98. The summed E-state index contributed by atoms with van der Waals surface area (Å²) in [6, 6.07) is 8.27. The molecule has 2 N–H and O–H groups in total. The smallest absolute Gasteiger partial charge is 0.216 e. The molecule has 0 bridgehead atoms. The fraction of sp³-hybridized carbons (Fsp3) is 0.450. The first kappa shape index (κ1) is 19.1. The van der Waals surface area contributed by atoms with Gasteiger partial charge in [0.2, 0.25) is 5.90 Å². The minimum absolute atomic E-state index is 0.541. The van der Waals surface area contributed by atoms with Gasteiger partial charge in [0.05, 0.1) is 14.2 Å². The van der Waals surface area contributed by atoms with Crippen LogP contribution in [0.25, 0.3) is 0 Å². The van der Waals surface area contributed by atoms with Crippen LogP contribution in [0.3, 0.4) is 0 Å². The number of aryl methyl sites for hydroxylation is 1. The van der Waals surface area contributed by atoms with Crippen LogP contribution in [-0.2, 0) is 11.2 Å². The molecule has 5 heteroatoms. The van der Waals surface area contributed by atoms with Crippen molar-refractivity contribution in [3.63, 3.8) is 0 Å². The Bertz CT molecular complexity index is 625. The molecule has 0 radical (unpaired) electrons.